The van der Waals surface area contributed by atoms with E-state index in [1.54, 1.807) is 17.4 Å². The first kappa shape index (κ1) is 16.1. The van der Waals surface area contributed by atoms with E-state index in [0.29, 0.717) is 5.92 Å². The number of thiocarbonyl (C=S) groups is 1. The maximum Gasteiger partial charge on any atom is 0.0793 e. The summed E-state index contributed by atoms with van der Waals surface area (Å²) in [7, 11) is 0. The number of fused-ring (bicyclic) bond motifs is 5. The summed E-state index contributed by atoms with van der Waals surface area (Å²) in [6, 6.07) is 17.9. The van der Waals surface area contributed by atoms with Crippen molar-refractivity contribution in [3.05, 3.63) is 82.9 Å². The van der Waals surface area contributed by atoms with Gasteiger partial charge in [0, 0.05) is 11.6 Å². The SMILES string of the molecule is S=CN1SC=CC=C1C1CCc2ccc3c(ccc4ccccc43)c2C1. The van der Waals surface area contributed by atoms with E-state index < -0.39 is 0 Å². The molecule has 0 saturated carbocycles. The lowest BCUT2D eigenvalue weighted by Gasteiger charge is -2.33. The lowest BCUT2D eigenvalue weighted by atomic mass is 9.79. The summed E-state index contributed by atoms with van der Waals surface area (Å²) in [6.45, 7) is 0. The van der Waals surface area contributed by atoms with Crippen molar-refractivity contribution in [2.24, 2.45) is 5.92 Å². The summed E-state index contributed by atoms with van der Waals surface area (Å²) in [5.41, 5.74) is 6.15. The van der Waals surface area contributed by atoms with Crippen molar-refractivity contribution in [3.8, 4) is 0 Å². The van der Waals surface area contributed by atoms with Crippen LogP contribution in [0.25, 0.3) is 21.5 Å². The maximum absolute atomic E-state index is 5.23. The van der Waals surface area contributed by atoms with Crippen molar-refractivity contribution in [1.29, 1.82) is 0 Å². The predicted octanol–water partition coefficient (Wildman–Crippen LogP) is 6.42. The van der Waals surface area contributed by atoms with Crippen molar-refractivity contribution in [2.45, 2.75) is 19.3 Å². The second-order valence-corrected chi connectivity index (χ2v) is 8.07. The van der Waals surface area contributed by atoms with Gasteiger partial charge in [-0.25, -0.2) is 0 Å². The average Bonchev–Trinajstić information content (AvgIpc) is 2.72. The third-order valence-electron chi connectivity index (χ3n) is 5.64. The molecule has 5 rings (SSSR count). The van der Waals surface area contributed by atoms with Crippen molar-refractivity contribution in [3.63, 3.8) is 0 Å². The van der Waals surface area contributed by atoms with E-state index in [1.165, 1.54) is 44.8 Å². The maximum atomic E-state index is 5.23. The summed E-state index contributed by atoms with van der Waals surface area (Å²) < 4.78 is 2.14. The van der Waals surface area contributed by atoms with E-state index in [1.807, 2.05) is 0 Å². The van der Waals surface area contributed by atoms with Gasteiger partial charge in [-0.15, -0.1) is 0 Å². The van der Waals surface area contributed by atoms with Gasteiger partial charge < -0.3 is 0 Å². The molecule has 3 aromatic rings. The normalized spacial score (nSPS) is 19.5. The van der Waals surface area contributed by atoms with Gasteiger partial charge in [-0.2, -0.15) is 0 Å². The molecule has 3 heteroatoms. The highest BCUT2D eigenvalue weighted by molar-refractivity contribution is 8.01. The number of hydrogen-bond acceptors (Lipinski definition) is 2. The van der Waals surface area contributed by atoms with E-state index >= 15 is 0 Å². The van der Waals surface area contributed by atoms with Gasteiger partial charge >= 0.3 is 0 Å². The van der Waals surface area contributed by atoms with Crippen LogP contribution >= 0.6 is 24.2 Å². The molecule has 0 fully saturated rings. The third kappa shape index (κ3) is 2.58. The number of allylic oxidation sites excluding steroid dienone is 3. The van der Waals surface area contributed by atoms with E-state index in [0.717, 1.165) is 12.8 Å². The molecule has 0 amide bonds. The molecule has 0 bridgehead atoms. The first-order valence-electron chi connectivity index (χ1n) is 9.05. The highest BCUT2D eigenvalue weighted by atomic mass is 32.2. The number of hydrogen-bond donors (Lipinski definition) is 0. The Morgan fingerprint density at radius 2 is 1.88 bits per heavy atom. The van der Waals surface area contributed by atoms with Gasteiger partial charge in [-0.3, -0.25) is 4.31 Å². The Labute approximate surface area is 163 Å². The molecule has 26 heavy (non-hydrogen) atoms. The Morgan fingerprint density at radius 3 is 2.81 bits per heavy atom. The molecule has 0 spiro atoms. The van der Waals surface area contributed by atoms with Gasteiger partial charge in [0.25, 0.3) is 0 Å². The summed E-state index contributed by atoms with van der Waals surface area (Å²) in [4.78, 5) is 0. The van der Waals surface area contributed by atoms with Gasteiger partial charge in [-0.05, 0) is 75.4 Å². The minimum Gasteiger partial charge on any atom is -0.281 e. The minimum absolute atomic E-state index is 0.524. The molecule has 0 saturated heterocycles. The van der Waals surface area contributed by atoms with Gasteiger partial charge in [0.05, 0.1) is 5.49 Å². The topological polar surface area (TPSA) is 3.24 Å². The Hall–Kier alpha value is -2.10. The van der Waals surface area contributed by atoms with E-state index in [4.69, 9.17) is 12.2 Å². The van der Waals surface area contributed by atoms with Crippen LogP contribution in [0.2, 0.25) is 0 Å². The van der Waals surface area contributed by atoms with Crippen LogP contribution in [0.4, 0.5) is 0 Å². The monoisotopic (exact) mass is 373 g/mol. The molecule has 0 radical (unpaired) electrons. The van der Waals surface area contributed by atoms with Crippen LogP contribution in [-0.2, 0) is 12.8 Å². The van der Waals surface area contributed by atoms with E-state index in [9.17, 15) is 0 Å². The molecular weight excluding hydrogens is 354 g/mol. The lowest BCUT2D eigenvalue weighted by Crippen LogP contribution is -2.25. The van der Waals surface area contributed by atoms with Gasteiger partial charge in [0.1, 0.15) is 0 Å². The minimum atomic E-state index is 0.524. The van der Waals surface area contributed by atoms with Crippen LogP contribution in [0.1, 0.15) is 17.5 Å². The second-order valence-electron chi connectivity index (χ2n) is 6.98. The average molecular weight is 374 g/mol. The zero-order valence-electron chi connectivity index (χ0n) is 14.4. The van der Waals surface area contributed by atoms with Gasteiger partial charge in [0.15, 0.2) is 0 Å². The van der Waals surface area contributed by atoms with Crippen molar-refractivity contribution in [2.75, 3.05) is 0 Å². The van der Waals surface area contributed by atoms with Crippen LogP contribution in [0.5, 0.6) is 0 Å². The Balaban J connectivity index is 1.63. The second kappa shape index (κ2) is 6.57. The first-order valence-corrected chi connectivity index (χ1v) is 10.4. The summed E-state index contributed by atoms with van der Waals surface area (Å²) in [5, 5.41) is 7.55. The fourth-order valence-corrected chi connectivity index (χ4v) is 5.31. The predicted molar refractivity (Wildman–Crippen MR) is 117 cm³/mol. The highest BCUT2D eigenvalue weighted by Gasteiger charge is 2.26. The van der Waals surface area contributed by atoms with E-state index in [-0.39, 0.29) is 0 Å². The number of rotatable bonds is 2. The molecule has 1 atom stereocenters. The fraction of sp³-hybridized carbons (Fsp3) is 0.174. The quantitative estimate of drug-likeness (QED) is 0.290. The molecule has 0 aromatic heterocycles. The molecule has 1 aliphatic heterocycles. The van der Waals surface area contributed by atoms with Gasteiger partial charge in [-0.1, -0.05) is 66.8 Å². The van der Waals surface area contributed by atoms with Crippen molar-refractivity contribution in [1.82, 2.24) is 4.31 Å². The molecule has 1 heterocycles. The fourth-order valence-electron chi connectivity index (χ4n) is 4.38. The smallest absolute Gasteiger partial charge is 0.0793 e. The van der Waals surface area contributed by atoms with Crippen LogP contribution in [-0.4, -0.2) is 9.80 Å². The zero-order chi connectivity index (χ0) is 17.5. The van der Waals surface area contributed by atoms with Crippen LogP contribution in [0.15, 0.2) is 71.8 Å². The standard InChI is InChI=1S/C23H19NS2/c25-15-24-23(6-3-13-26-24)18-8-7-17-10-11-20-19-5-2-1-4-16(19)9-12-21(20)22(17)14-18/h1-6,9-13,15,18H,7-8,14H2. The molecule has 3 aromatic carbocycles. The molecular formula is C23H19NS2. The molecule has 0 N–H and O–H groups in total. The summed E-state index contributed by atoms with van der Waals surface area (Å²) in [5.74, 6) is 0.524. The zero-order valence-corrected chi connectivity index (χ0v) is 16.0. The van der Waals surface area contributed by atoms with Crippen molar-refractivity contribution < 1.29 is 0 Å². The van der Waals surface area contributed by atoms with Gasteiger partial charge in [0.2, 0.25) is 0 Å². The lowest BCUT2D eigenvalue weighted by molar-refractivity contribution is 0.484. The number of aryl methyl sites for hydroxylation is 1. The number of nitrogens with zero attached hydrogens (tertiary/aromatic N) is 1. The van der Waals surface area contributed by atoms with Crippen LogP contribution in [0.3, 0.4) is 0 Å². The van der Waals surface area contributed by atoms with Crippen LogP contribution < -0.4 is 0 Å². The highest BCUT2D eigenvalue weighted by Crippen LogP contribution is 2.39. The molecule has 1 aliphatic carbocycles. The Morgan fingerprint density at radius 1 is 1.00 bits per heavy atom. The van der Waals surface area contributed by atoms with E-state index in [2.05, 4.69) is 70.4 Å². The molecule has 128 valence electrons. The Bertz CT molecular complexity index is 1080. The summed E-state index contributed by atoms with van der Waals surface area (Å²) in [6.07, 6.45) is 7.79. The van der Waals surface area contributed by atoms with Crippen LogP contribution in [0, 0.1) is 5.92 Å². The Kier molecular flexibility index (Phi) is 4.07. The molecule has 1 nitrogen and oxygen atoms in total. The molecule has 2 aliphatic rings. The first-order chi connectivity index (χ1) is 12.8. The van der Waals surface area contributed by atoms with Crippen molar-refractivity contribution >= 4 is 51.2 Å². The number of benzene rings is 3. The third-order valence-corrected chi connectivity index (χ3v) is 6.80. The summed E-state index contributed by atoms with van der Waals surface area (Å²) >= 11 is 6.91. The largest absolute Gasteiger partial charge is 0.281 e. The molecule has 1 unspecified atom stereocenters.